The largest absolute Gasteiger partial charge is 0.366 e. The number of carbonyl (C=O) groups excluding carboxylic acids is 1. The van der Waals surface area contributed by atoms with Gasteiger partial charge in [0.2, 0.25) is 15.9 Å². The normalized spacial score (nSPS) is 20.4. The Kier molecular flexibility index (Phi) is 6.95. The number of rotatable bonds is 4. The SMILES string of the molecule is O=C([C@H]1CCCN(S(=O)(=O)c2cc(Cl)ccc2Cl)C1)N1CCN(c2ccccc2F)CC1. The van der Waals surface area contributed by atoms with Gasteiger partial charge in [-0.2, -0.15) is 4.31 Å². The molecule has 0 saturated carbocycles. The highest BCUT2D eigenvalue weighted by atomic mass is 35.5. The molecule has 0 aromatic heterocycles. The molecule has 32 heavy (non-hydrogen) atoms. The molecule has 2 aliphatic rings. The van der Waals surface area contributed by atoms with Crippen molar-refractivity contribution in [2.75, 3.05) is 44.2 Å². The Morgan fingerprint density at radius 2 is 1.72 bits per heavy atom. The van der Waals surface area contributed by atoms with Crippen LogP contribution in [0.15, 0.2) is 47.4 Å². The van der Waals surface area contributed by atoms with Gasteiger partial charge in [-0.1, -0.05) is 35.3 Å². The standard InChI is InChI=1S/C22H24Cl2FN3O3S/c23-17-7-8-18(24)21(14-17)32(30,31)28-9-3-4-16(15-28)22(29)27-12-10-26(11-13-27)20-6-2-1-5-19(20)25/h1-2,5-8,14,16H,3-4,9-13,15H2/t16-/m0/s1. The number of carbonyl (C=O) groups is 1. The molecule has 0 N–H and O–H groups in total. The average molecular weight is 500 g/mol. The summed E-state index contributed by atoms with van der Waals surface area (Å²) in [5.74, 6) is -0.758. The van der Waals surface area contributed by atoms with Crippen molar-refractivity contribution in [3.63, 3.8) is 0 Å². The minimum atomic E-state index is -3.87. The fourth-order valence-corrected chi connectivity index (χ4v) is 6.57. The van der Waals surface area contributed by atoms with Crippen molar-refractivity contribution in [3.05, 3.63) is 58.3 Å². The molecule has 6 nitrogen and oxygen atoms in total. The number of anilines is 1. The van der Waals surface area contributed by atoms with Crippen molar-refractivity contribution in [3.8, 4) is 0 Å². The van der Waals surface area contributed by atoms with E-state index in [1.54, 1.807) is 23.1 Å². The third kappa shape index (κ3) is 4.73. The maximum atomic E-state index is 14.1. The summed E-state index contributed by atoms with van der Waals surface area (Å²) >= 11 is 12.1. The zero-order valence-electron chi connectivity index (χ0n) is 17.4. The van der Waals surface area contributed by atoms with E-state index in [0.717, 1.165) is 0 Å². The number of amides is 1. The second kappa shape index (κ2) is 9.55. The van der Waals surface area contributed by atoms with Crippen LogP contribution < -0.4 is 4.90 Å². The Bertz CT molecular complexity index is 1110. The molecular weight excluding hydrogens is 476 g/mol. The molecule has 1 amide bonds. The van der Waals surface area contributed by atoms with Gasteiger partial charge in [0.05, 0.1) is 16.6 Å². The number of para-hydroxylation sites is 1. The number of piperazine rings is 1. The molecule has 0 bridgehead atoms. The first-order valence-electron chi connectivity index (χ1n) is 10.5. The zero-order chi connectivity index (χ0) is 22.9. The number of nitrogens with zero attached hydrogens (tertiary/aromatic N) is 3. The molecule has 0 aliphatic carbocycles. The van der Waals surface area contributed by atoms with Gasteiger partial charge in [0.15, 0.2) is 0 Å². The first-order valence-corrected chi connectivity index (χ1v) is 12.7. The predicted octanol–water partition coefficient (Wildman–Crippen LogP) is 3.88. The van der Waals surface area contributed by atoms with Gasteiger partial charge >= 0.3 is 0 Å². The summed E-state index contributed by atoms with van der Waals surface area (Å²) in [4.78, 5) is 16.8. The van der Waals surface area contributed by atoms with Gasteiger partial charge < -0.3 is 9.80 Å². The van der Waals surface area contributed by atoms with Gasteiger partial charge in [-0.05, 0) is 43.2 Å². The highest BCUT2D eigenvalue weighted by Crippen LogP contribution is 2.31. The van der Waals surface area contributed by atoms with E-state index < -0.39 is 15.9 Å². The van der Waals surface area contributed by atoms with E-state index in [1.807, 2.05) is 4.90 Å². The first-order chi connectivity index (χ1) is 15.3. The molecule has 2 saturated heterocycles. The molecule has 0 spiro atoms. The molecule has 2 aromatic rings. The fourth-order valence-electron chi connectivity index (χ4n) is 4.31. The van der Waals surface area contributed by atoms with E-state index in [4.69, 9.17) is 23.2 Å². The number of halogens is 3. The van der Waals surface area contributed by atoms with Gasteiger partial charge in [0.25, 0.3) is 0 Å². The summed E-state index contributed by atoms with van der Waals surface area (Å²) in [6, 6.07) is 10.9. The number of piperidine rings is 1. The van der Waals surface area contributed by atoms with Gasteiger partial charge in [0, 0.05) is 44.3 Å². The summed E-state index contributed by atoms with van der Waals surface area (Å²) in [5.41, 5.74) is 0.535. The quantitative estimate of drug-likeness (QED) is 0.640. The van der Waals surface area contributed by atoms with E-state index in [0.29, 0.717) is 51.3 Å². The zero-order valence-corrected chi connectivity index (χ0v) is 19.7. The van der Waals surface area contributed by atoms with Gasteiger partial charge in [0.1, 0.15) is 10.7 Å². The molecule has 2 aliphatic heterocycles. The Labute approximate surface area is 197 Å². The Balaban J connectivity index is 1.42. The lowest BCUT2D eigenvalue weighted by Gasteiger charge is -2.39. The molecule has 2 fully saturated rings. The molecular formula is C22H24Cl2FN3O3S. The van der Waals surface area contributed by atoms with Crippen LogP contribution in [0.25, 0.3) is 0 Å². The van der Waals surface area contributed by atoms with E-state index in [2.05, 4.69) is 0 Å². The Morgan fingerprint density at radius 1 is 1.00 bits per heavy atom. The summed E-state index contributed by atoms with van der Waals surface area (Å²) < 4.78 is 41.7. The molecule has 0 radical (unpaired) electrons. The van der Waals surface area contributed by atoms with Crippen LogP contribution >= 0.6 is 23.2 Å². The summed E-state index contributed by atoms with van der Waals surface area (Å²) in [7, 11) is -3.87. The molecule has 2 aromatic carbocycles. The van der Waals surface area contributed by atoms with Crippen LogP contribution in [0.5, 0.6) is 0 Å². The third-order valence-electron chi connectivity index (χ3n) is 6.03. The molecule has 172 valence electrons. The number of hydrogen-bond acceptors (Lipinski definition) is 4. The van der Waals surface area contributed by atoms with Crippen molar-refractivity contribution < 1.29 is 17.6 Å². The van der Waals surface area contributed by atoms with Gasteiger partial charge in [-0.25, -0.2) is 12.8 Å². The van der Waals surface area contributed by atoms with E-state index in [-0.39, 0.29) is 33.2 Å². The lowest BCUT2D eigenvalue weighted by Crippen LogP contribution is -2.53. The molecule has 10 heteroatoms. The van der Waals surface area contributed by atoms with Crippen LogP contribution in [0.4, 0.5) is 10.1 Å². The third-order valence-corrected chi connectivity index (χ3v) is 8.61. The van der Waals surface area contributed by atoms with E-state index >= 15 is 0 Å². The van der Waals surface area contributed by atoms with Crippen molar-refractivity contribution in [1.82, 2.24) is 9.21 Å². The molecule has 1 atom stereocenters. The van der Waals surface area contributed by atoms with Crippen LogP contribution in [-0.4, -0.2) is 62.8 Å². The van der Waals surface area contributed by atoms with Gasteiger partial charge in [-0.3, -0.25) is 4.79 Å². The Morgan fingerprint density at radius 3 is 2.44 bits per heavy atom. The topological polar surface area (TPSA) is 60.9 Å². The summed E-state index contributed by atoms with van der Waals surface area (Å²) in [6.07, 6.45) is 1.21. The number of benzene rings is 2. The van der Waals surface area contributed by atoms with Crippen molar-refractivity contribution in [2.24, 2.45) is 5.92 Å². The van der Waals surface area contributed by atoms with Crippen LogP contribution in [0, 0.1) is 11.7 Å². The minimum Gasteiger partial charge on any atom is -0.366 e. The number of hydrogen-bond donors (Lipinski definition) is 0. The highest BCUT2D eigenvalue weighted by Gasteiger charge is 2.36. The predicted molar refractivity (Wildman–Crippen MR) is 123 cm³/mol. The van der Waals surface area contributed by atoms with E-state index in [1.165, 1.54) is 28.6 Å². The van der Waals surface area contributed by atoms with Crippen LogP contribution in [-0.2, 0) is 14.8 Å². The molecule has 0 unspecified atom stereocenters. The van der Waals surface area contributed by atoms with Crippen molar-refractivity contribution in [2.45, 2.75) is 17.7 Å². The highest BCUT2D eigenvalue weighted by molar-refractivity contribution is 7.89. The van der Waals surface area contributed by atoms with Crippen LogP contribution in [0.1, 0.15) is 12.8 Å². The Hall–Kier alpha value is -1.87. The lowest BCUT2D eigenvalue weighted by atomic mass is 9.97. The molecule has 2 heterocycles. The van der Waals surface area contributed by atoms with Crippen LogP contribution in [0.2, 0.25) is 10.0 Å². The maximum absolute atomic E-state index is 14.1. The monoisotopic (exact) mass is 499 g/mol. The van der Waals surface area contributed by atoms with Gasteiger partial charge in [-0.15, -0.1) is 0 Å². The minimum absolute atomic E-state index is 0.0433. The van der Waals surface area contributed by atoms with Crippen molar-refractivity contribution >= 4 is 44.8 Å². The summed E-state index contributed by atoms with van der Waals surface area (Å²) in [6.45, 7) is 2.43. The van der Waals surface area contributed by atoms with E-state index in [9.17, 15) is 17.6 Å². The average Bonchev–Trinajstić information content (AvgIpc) is 2.80. The smallest absolute Gasteiger partial charge is 0.244 e. The maximum Gasteiger partial charge on any atom is 0.244 e. The second-order valence-corrected chi connectivity index (χ2v) is 10.8. The fraction of sp³-hybridized carbons (Fsp3) is 0.409. The van der Waals surface area contributed by atoms with Crippen molar-refractivity contribution in [1.29, 1.82) is 0 Å². The van der Waals surface area contributed by atoms with Crippen LogP contribution in [0.3, 0.4) is 0 Å². The first kappa shape index (κ1) is 23.3. The molecule has 4 rings (SSSR count). The number of sulfonamides is 1. The summed E-state index contributed by atoms with van der Waals surface area (Å²) in [5, 5.41) is 0.387. The lowest BCUT2D eigenvalue weighted by molar-refractivity contribution is -0.137. The second-order valence-electron chi connectivity index (χ2n) is 8.04.